The summed E-state index contributed by atoms with van der Waals surface area (Å²) >= 11 is 0. The van der Waals surface area contributed by atoms with Crippen LogP contribution in [0.2, 0.25) is 0 Å². The van der Waals surface area contributed by atoms with Crippen molar-refractivity contribution in [2.45, 2.75) is 25.9 Å². The minimum absolute atomic E-state index is 0.229. The van der Waals surface area contributed by atoms with Crippen LogP contribution in [0.4, 0.5) is 0 Å². The van der Waals surface area contributed by atoms with Gasteiger partial charge in [0.05, 0.1) is 19.3 Å². The van der Waals surface area contributed by atoms with Crippen LogP contribution >= 0.6 is 0 Å². The molecule has 0 saturated carbocycles. The lowest BCUT2D eigenvalue weighted by Crippen LogP contribution is -2.33. The van der Waals surface area contributed by atoms with Crippen LogP contribution in [0.3, 0.4) is 0 Å². The van der Waals surface area contributed by atoms with Crippen molar-refractivity contribution in [2.24, 2.45) is 5.92 Å². The molecule has 0 aliphatic carbocycles. The molecule has 1 heterocycles. The van der Waals surface area contributed by atoms with Gasteiger partial charge in [0.15, 0.2) is 0 Å². The van der Waals surface area contributed by atoms with Crippen LogP contribution in [-0.4, -0.2) is 39.5 Å². The first-order valence-corrected chi connectivity index (χ1v) is 5.14. The summed E-state index contributed by atoms with van der Waals surface area (Å²) < 4.78 is 10.7. The van der Waals surface area contributed by atoms with Crippen molar-refractivity contribution in [1.29, 1.82) is 0 Å². The van der Waals surface area contributed by atoms with E-state index >= 15 is 0 Å². The Balaban J connectivity index is 2.03. The van der Waals surface area contributed by atoms with Gasteiger partial charge in [-0.05, 0) is 32.2 Å². The normalized spacial score (nSPS) is 25.8. The standard InChI is InChI=1S/C10H21NO2/c1-9(7-12-2)13-8-10-4-3-5-11-6-10/h9-11H,3-8H2,1-2H3. The lowest BCUT2D eigenvalue weighted by Gasteiger charge is -2.24. The van der Waals surface area contributed by atoms with Crippen molar-refractivity contribution in [3.63, 3.8) is 0 Å². The van der Waals surface area contributed by atoms with Gasteiger partial charge in [-0.25, -0.2) is 0 Å². The van der Waals surface area contributed by atoms with E-state index in [0.717, 1.165) is 13.2 Å². The zero-order valence-electron chi connectivity index (χ0n) is 8.71. The molecule has 78 valence electrons. The van der Waals surface area contributed by atoms with E-state index < -0.39 is 0 Å². The minimum atomic E-state index is 0.229. The average molecular weight is 187 g/mol. The fourth-order valence-electron chi connectivity index (χ4n) is 1.65. The number of rotatable bonds is 5. The van der Waals surface area contributed by atoms with Crippen molar-refractivity contribution in [1.82, 2.24) is 5.32 Å². The Kier molecular flexibility index (Phi) is 5.35. The fraction of sp³-hybridized carbons (Fsp3) is 1.00. The molecule has 0 bridgehead atoms. The Hall–Kier alpha value is -0.120. The monoisotopic (exact) mass is 187 g/mol. The molecule has 0 spiro atoms. The molecular formula is C10H21NO2. The Bertz CT molecular complexity index is 124. The first-order chi connectivity index (χ1) is 6.33. The van der Waals surface area contributed by atoms with E-state index in [9.17, 15) is 0 Å². The quantitative estimate of drug-likeness (QED) is 0.697. The predicted octanol–water partition coefficient (Wildman–Crippen LogP) is 1.04. The third-order valence-corrected chi connectivity index (χ3v) is 2.42. The van der Waals surface area contributed by atoms with Gasteiger partial charge in [-0.3, -0.25) is 0 Å². The zero-order chi connectivity index (χ0) is 9.52. The second kappa shape index (κ2) is 6.35. The molecule has 1 N–H and O–H groups in total. The first kappa shape index (κ1) is 11.0. The Morgan fingerprint density at radius 2 is 2.38 bits per heavy atom. The van der Waals surface area contributed by atoms with Crippen molar-refractivity contribution in [3.05, 3.63) is 0 Å². The van der Waals surface area contributed by atoms with Crippen molar-refractivity contribution in [2.75, 3.05) is 33.4 Å². The largest absolute Gasteiger partial charge is 0.382 e. The van der Waals surface area contributed by atoms with Gasteiger partial charge in [-0.1, -0.05) is 0 Å². The fourth-order valence-corrected chi connectivity index (χ4v) is 1.65. The number of piperidine rings is 1. The van der Waals surface area contributed by atoms with Gasteiger partial charge < -0.3 is 14.8 Å². The summed E-state index contributed by atoms with van der Waals surface area (Å²) in [5.41, 5.74) is 0. The number of hydrogen-bond acceptors (Lipinski definition) is 3. The van der Waals surface area contributed by atoms with Crippen LogP contribution in [0.1, 0.15) is 19.8 Å². The summed E-state index contributed by atoms with van der Waals surface area (Å²) in [4.78, 5) is 0. The lowest BCUT2D eigenvalue weighted by molar-refractivity contribution is -0.00973. The highest BCUT2D eigenvalue weighted by Gasteiger charge is 2.14. The predicted molar refractivity (Wildman–Crippen MR) is 52.9 cm³/mol. The number of ether oxygens (including phenoxy) is 2. The molecule has 0 amide bonds. The molecule has 3 nitrogen and oxygen atoms in total. The molecule has 0 aromatic heterocycles. The van der Waals surface area contributed by atoms with Gasteiger partial charge >= 0.3 is 0 Å². The maximum atomic E-state index is 5.66. The van der Waals surface area contributed by atoms with Crippen LogP contribution in [-0.2, 0) is 9.47 Å². The van der Waals surface area contributed by atoms with Crippen molar-refractivity contribution < 1.29 is 9.47 Å². The highest BCUT2D eigenvalue weighted by molar-refractivity contribution is 4.68. The summed E-state index contributed by atoms with van der Waals surface area (Å²) in [6.07, 6.45) is 2.81. The second-order valence-corrected chi connectivity index (χ2v) is 3.81. The molecule has 1 rings (SSSR count). The van der Waals surface area contributed by atoms with Gasteiger partial charge in [0.25, 0.3) is 0 Å². The van der Waals surface area contributed by atoms with E-state index in [-0.39, 0.29) is 6.10 Å². The van der Waals surface area contributed by atoms with Crippen LogP contribution in [0.15, 0.2) is 0 Å². The van der Waals surface area contributed by atoms with Gasteiger partial charge in [-0.15, -0.1) is 0 Å². The van der Waals surface area contributed by atoms with E-state index in [4.69, 9.17) is 9.47 Å². The van der Waals surface area contributed by atoms with Gasteiger partial charge in [0.1, 0.15) is 0 Å². The van der Waals surface area contributed by atoms with Crippen LogP contribution < -0.4 is 5.32 Å². The SMILES string of the molecule is COCC(C)OCC1CCCNC1. The summed E-state index contributed by atoms with van der Waals surface area (Å²) in [5, 5.41) is 3.38. The van der Waals surface area contributed by atoms with E-state index in [2.05, 4.69) is 12.2 Å². The number of methoxy groups -OCH3 is 1. The Labute approximate surface area is 80.8 Å². The van der Waals surface area contributed by atoms with Crippen LogP contribution in [0.25, 0.3) is 0 Å². The summed E-state index contributed by atoms with van der Waals surface area (Å²) in [6, 6.07) is 0. The Morgan fingerprint density at radius 3 is 3.00 bits per heavy atom. The molecular weight excluding hydrogens is 166 g/mol. The summed E-state index contributed by atoms with van der Waals surface area (Å²) in [6.45, 7) is 5.90. The maximum absolute atomic E-state index is 5.66. The van der Waals surface area contributed by atoms with Crippen molar-refractivity contribution in [3.8, 4) is 0 Å². The third kappa shape index (κ3) is 4.60. The van der Waals surface area contributed by atoms with Crippen LogP contribution in [0.5, 0.6) is 0 Å². The molecule has 0 aromatic rings. The van der Waals surface area contributed by atoms with E-state index in [1.165, 1.54) is 19.4 Å². The third-order valence-electron chi connectivity index (χ3n) is 2.42. The molecule has 2 atom stereocenters. The Morgan fingerprint density at radius 1 is 1.54 bits per heavy atom. The molecule has 0 aromatic carbocycles. The molecule has 0 radical (unpaired) electrons. The number of hydrogen-bond donors (Lipinski definition) is 1. The van der Waals surface area contributed by atoms with E-state index in [1.807, 2.05) is 0 Å². The number of nitrogens with one attached hydrogen (secondary N) is 1. The molecule has 2 unspecified atom stereocenters. The van der Waals surface area contributed by atoms with Crippen molar-refractivity contribution >= 4 is 0 Å². The highest BCUT2D eigenvalue weighted by Crippen LogP contribution is 2.10. The van der Waals surface area contributed by atoms with E-state index in [0.29, 0.717) is 12.5 Å². The molecule has 3 heteroatoms. The van der Waals surface area contributed by atoms with Gasteiger partial charge in [0.2, 0.25) is 0 Å². The average Bonchev–Trinajstić information content (AvgIpc) is 2.17. The zero-order valence-corrected chi connectivity index (χ0v) is 8.71. The summed E-state index contributed by atoms with van der Waals surface area (Å²) in [5.74, 6) is 0.702. The minimum Gasteiger partial charge on any atom is -0.382 e. The topological polar surface area (TPSA) is 30.5 Å². The molecule has 1 aliphatic heterocycles. The maximum Gasteiger partial charge on any atom is 0.0780 e. The van der Waals surface area contributed by atoms with E-state index in [1.54, 1.807) is 7.11 Å². The molecule has 1 fully saturated rings. The highest BCUT2D eigenvalue weighted by atomic mass is 16.5. The first-order valence-electron chi connectivity index (χ1n) is 5.14. The molecule has 1 saturated heterocycles. The lowest BCUT2D eigenvalue weighted by atomic mass is 10.0. The summed E-state index contributed by atoms with van der Waals surface area (Å²) in [7, 11) is 1.71. The second-order valence-electron chi connectivity index (χ2n) is 3.81. The van der Waals surface area contributed by atoms with Gasteiger partial charge in [0, 0.05) is 13.7 Å². The molecule has 1 aliphatic rings. The van der Waals surface area contributed by atoms with Gasteiger partial charge in [-0.2, -0.15) is 0 Å². The smallest absolute Gasteiger partial charge is 0.0780 e. The molecule has 13 heavy (non-hydrogen) atoms. The van der Waals surface area contributed by atoms with Crippen LogP contribution in [0, 0.1) is 5.92 Å².